The molecule has 9 nitrogen and oxygen atoms in total. The lowest BCUT2D eigenvalue weighted by atomic mass is 9.99. The number of likely N-dealkylation sites (tertiary alicyclic amines) is 2. The van der Waals surface area contributed by atoms with E-state index in [-0.39, 0.29) is 42.1 Å². The number of aliphatic hydroxyl groups is 1. The minimum Gasteiger partial charge on any atom is -0.487 e. The lowest BCUT2D eigenvalue weighted by Crippen LogP contribution is -2.59. The first-order valence-electron chi connectivity index (χ1n) is 12.6. The van der Waals surface area contributed by atoms with Gasteiger partial charge in [-0.05, 0) is 59.2 Å². The van der Waals surface area contributed by atoms with E-state index in [2.05, 4.69) is 10.6 Å². The third-order valence-corrected chi connectivity index (χ3v) is 6.79. The molecule has 3 N–H and O–H groups in total. The van der Waals surface area contributed by atoms with E-state index in [0.29, 0.717) is 25.3 Å². The van der Waals surface area contributed by atoms with Gasteiger partial charge in [0.2, 0.25) is 5.91 Å². The highest BCUT2D eigenvalue weighted by atomic mass is 16.6. The second-order valence-corrected chi connectivity index (χ2v) is 10.9. The summed E-state index contributed by atoms with van der Waals surface area (Å²) in [6.45, 7) is 12.2. The third-order valence-electron chi connectivity index (χ3n) is 6.79. The summed E-state index contributed by atoms with van der Waals surface area (Å²) in [7, 11) is 1.73. The van der Waals surface area contributed by atoms with Crippen molar-refractivity contribution in [2.75, 3.05) is 20.1 Å². The van der Waals surface area contributed by atoms with Crippen molar-refractivity contribution in [2.24, 2.45) is 5.92 Å². The summed E-state index contributed by atoms with van der Waals surface area (Å²) in [6.07, 6.45) is -0.980. The van der Waals surface area contributed by atoms with Crippen LogP contribution in [0.1, 0.15) is 48.0 Å². The smallest absolute Gasteiger partial charge is 0.410 e. The Morgan fingerprint density at radius 3 is 2.37 bits per heavy atom. The molecule has 1 aromatic carbocycles. The molecule has 0 radical (unpaired) electrons. The molecule has 196 valence electrons. The molecule has 2 aliphatic heterocycles. The SMILES string of the molecule is CNC(C)C(=O)NC(C(C)C)C(O)N1CCC2C1C(Oc1ccccc1)CN2C(=O)OC(C)(C)C. The first kappa shape index (κ1) is 27.2. The number of likely N-dealkylation sites (N-methyl/N-ethyl adjacent to an activating group) is 1. The Hall–Kier alpha value is -2.36. The molecule has 0 spiro atoms. The van der Waals surface area contributed by atoms with Crippen LogP contribution in [0.5, 0.6) is 5.75 Å². The van der Waals surface area contributed by atoms with Crippen LogP contribution in [0.3, 0.4) is 0 Å². The number of carbonyl (C=O) groups excluding carboxylic acids is 2. The van der Waals surface area contributed by atoms with Crippen molar-refractivity contribution in [3.63, 3.8) is 0 Å². The minimum atomic E-state index is -0.932. The maximum absolute atomic E-state index is 13.1. The molecule has 2 aliphatic rings. The Kier molecular flexibility index (Phi) is 8.67. The summed E-state index contributed by atoms with van der Waals surface area (Å²) in [5.41, 5.74) is -0.611. The van der Waals surface area contributed by atoms with E-state index in [1.807, 2.05) is 69.9 Å². The molecule has 3 rings (SSSR count). The van der Waals surface area contributed by atoms with Gasteiger partial charge in [0.15, 0.2) is 0 Å². The van der Waals surface area contributed by atoms with Gasteiger partial charge in [0.05, 0.1) is 30.7 Å². The molecule has 9 heteroatoms. The number of fused-ring (bicyclic) bond motifs is 1. The van der Waals surface area contributed by atoms with E-state index in [1.165, 1.54) is 0 Å². The van der Waals surface area contributed by atoms with Gasteiger partial charge in [0, 0.05) is 6.54 Å². The average Bonchev–Trinajstić information content (AvgIpc) is 3.37. The number of rotatable bonds is 8. The standard InChI is InChI=1S/C26H42N4O5/c1-16(2)21(28-23(31)17(3)27-7)24(32)29-14-13-19-22(29)20(34-18-11-9-8-10-12-18)15-30(19)25(33)35-26(4,5)6/h8-12,16-17,19-22,24,27,32H,13-15H2,1-7H3,(H,28,31). The number of aliphatic hydroxyl groups excluding tert-OH is 1. The van der Waals surface area contributed by atoms with Crippen LogP contribution in [-0.2, 0) is 9.53 Å². The highest BCUT2D eigenvalue weighted by Crippen LogP contribution is 2.37. The fourth-order valence-corrected chi connectivity index (χ4v) is 4.89. The van der Waals surface area contributed by atoms with Gasteiger partial charge in [0.25, 0.3) is 0 Å². The van der Waals surface area contributed by atoms with Crippen LogP contribution in [0.4, 0.5) is 4.79 Å². The van der Waals surface area contributed by atoms with E-state index in [1.54, 1.807) is 18.9 Å². The summed E-state index contributed by atoms with van der Waals surface area (Å²) in [5, 5.41) is 17.5. The van der Waals surface area contributed by atoms with E-state index >= 15 is 0 Å². The van der Waals surface area contributed by atoms with Gasteiger partial charge < -0.3 is 25.2 Å². The predicted molar refractivity (Wildman–Crippen MR) is 134 cm³/mol. The molecule has 2 amide bonds. The van der Waals surface area contributed by atoms with Gasteiger partial charge in [-0.25, -0.2) is 4.79 Å². The minimum absolute atomic E-state index is 0.00564. The van der Waals surface area contributed by atoms with Crippen molar-refractivity contribution in [1.29, 1.82) is 0 Å². The number of nitrogens with zero attached hydrogens (tertiary/aromatic N) is 2. The number of hydrogen-bond acceptors (Lipinski definition) is 7. The number of amides is 2. The second kappa shape index (κ2) is 11.1. The van der Waals surface area contributed by atoms with Gasteiger partial charge in [-0.3, -0.25) is 14.6 Å². The molecular formula is C26H42N4O5. The van der Waals surface area contributed by atoms with Crippen molar-refractivity contribution in [2.45, 2.75) is 90.1 Å². The molecule has 1 aromatic rings. The average molecular weight is 491 g/mol. The molecule has 0 bridgehead atoms. The first-order chi connectivity index (χ1) is 16.4. The number of hydrogen-bond donors (Lipinski definition) is 3. The summed E-state index contributed by atoms with van der Waals surface area (Å²) in [6, 6.07) is 8.25. The van der Waals surface area contributed by atoms with Gasteiger partial charge in [0.1, 0.15) is 23.7 Å². The van der Waals surface area contributed by atoms with Crippen LogP contribution in [0.2, 0.25) is 0 Å². The topological polar surface area (TPSA) is 103 Å². The Morgan fingerprint density at radius 1 is 1.14 bits per heavy atom. The quantitative estimate of drug-likeness (QED) is 0.513. The summed E-state index contributed by atoms with van der Waals surface area (Å²) < 4.78 is 12.0. The number of carbonyl (C=O) groups is 2. The van der Waals surface area contributed by atoms with Crippen LogP contribution in [0, 0.1) is 5.92 Å². The van der Waals surface area contributed by atoms with Crippen molar-refractivity contribution < 1.29 is 24.2 Å². The molecular weight excluding hydrogens is 448 g/mol. The maximum atomic E-state index is 13.1. The Balaban J connectivity index is 1.86. The van der Waals surface area contributed by atoms with E-state index in [9.17, 15) is 14.7 Å². The molecule has 2 fully saturated rings. The fraction of sp³-hybridized carbons (Fsp3) is 0.692. The molecule has 6 unspecified atom stereocenters. The largest absolute Gasteiger partial charge is 0.487 e. The zero-order valence-electron chi connectivity index (χ0n) is 22.0. The predicted octanol–water partition coefficient (Wildman–Crippen LogP) is 2.19. The molecule has 0 aromatic heterocycles. The van der Waals surface area contributed by atoms with Gasteiger partial charge in [-0.15, -0.1) is 0 Å². The van der Waals surface area contributed by atoms with Crippen LogP contribution in [0.25, 0.3) is 0 Å². The van der Waals surface area contributed by atoms with E-state index in [0.717, 1.165) is 0 Å². The lowest BCUT2D eigenvalue weighted by Gasteiger charge is -2.38. The molecule has 2 heterocycles. The molecule has 0 saturated carbocycles. The summed E-state index contributed by atoms with van der Waals surface area (Å²) >= 11 is 0. The number of para-hydroxylation sites is 1. The second-order valence-electron chi connectivity index (χ2n) is 10.9. The van der Waals surface area contributed by atoms with Crippen LogP contribution in [-0.4, -0.2) is 89.1 Å². The van der Waals surface area contributed by atoms with E-state index < -0.39 is 17.9 Å². The first-order valence-corrected chi connectivity index (χ1v) is 12.6. The molecule has 6 atom stereocenters. The highest BCUT2D eigenvalue weighted by Gasteiger charge is 2.55. The van der Waals surface area contributed by atoms with Crippen molar-refractivity contribution in [3.8, 4) is 5.75 Å². The van der Waals surface area contributed by atoms with Crippen LogP contribution in [0.15, 0.2) is 30.3 Å². The van der Waals surface area contributed by atoms with Crippen molar-refractivity contribution in [3.05, 3.63) is 30.3 Å². The maximum Gasteiger partial charge on any atom is 0.410 e. The highest BCUT2D eigenvalue weighted by molar-refractivity contribution is 5.81. The summed E-state index contributed by atoms with van der Waals surface area (Å²) in [4.78, 5) is 29.4. The van der Waals surface area contributed by atoms with Gasteiger partial charge >= 0.3 is 6.09 Å². The number of ether oxygens (including phenoxy) is 2. The van der Waals surface area contributed by atoms with Crippen LogP contribution < -0.4 is 15.4 Å². The fourth-order valence-electron chi connectivity index (χ4n) is 4.89. The number of nitrogens with one attached hydrogen (secondary N) is 2. The number of benzene rings is 1. The zero-order valence-corrected chi connectivity index (χ0v) is 22.0. The Bertz CT molecular complexity index is 859. The normalized spacial score (nSPS) is 25.2. The van der Waals surface area contributed by atoms with Gasteiger partial charge in [-0.2, -0.15) is 0 Å². The monoisotopic (exact) mass is 490 g/mol. The van der Waals surface area contributed by atoms with Crippen molar-refractivity contribution >= 4 is 12.0 Å². The van der Waals surface area contributed by atoms with Crippen LogP contribution >= 0.6 is 0 Å². The Morgan fingerprint density at radius 2 is 1.80 bits per heavy atom. The lowest BCUT2D eigenvalue weighted by molar-refractivity contribution is -0.127. The third kappa shape index (κ3) is 6.45. The van der Waals surface area contributed by atoms with E-state index in [4.69, 9.17) is 9.47 Å². The molecule has 35 heavy (non-hydrogen) atoms. The molecule has 0 aliphatic carbocycles. The zero-order chi connectivity index (χ0) is 25.9. The van der Waals surface area contributed by atoms with Gasteiger partial charge in [-0.1, -0.05) is 32.0 Å². The van der Waals surface area contributed by atoms with Crippen molar-refractivity contribution in [1.82, 2.24) is 20.4 Å². The Labute approximate surface area is 209 Å². The summed E-state index contributed by atoms with van der Waals surface area (Å²) in [5.74, 6) is 0.536. The molecule has 2 saturated heterocycles.